The van der Waals surface area contributed by atoms with Gasteiger partial charge in [-0.2, -0.15) is 0 Å². The first-order chi connectivity index (χ1) is 13.1. The molecule has 27 heavy (non-hydrogen) atoms. The van der Waals surface area contributed by atoms with E-state index in [2.05, 4.69) is 10.2 Å². The van der Waals surface area contributed by atoms with E-state index in [1.807, 2.05) is 37.3 Å². The molecule has 4 rings (SSSR count). The lowest BCUT2D eigenvalue weighted by atomic mass is 10.1. The van der Waals surface area contributed by atoms with Crippen molar-refractivity contribution < 1.29 is 19.0 Å². The number of anilines is 2. The molecular weight excluding hydrogens is 368 g/mol. The topological polar surface area (TPSA) is 60.0 Å². The van der Waals surface area contributed by atoms with E-state index in [1.165, 1.54) is 0 Å². The Morgan fingerprint density at radius 3 is 2.56 bits per heavy atom. The molecule has 2 aromatic rings. The van der Waals surface area contributed by atoms with Gasteiger partial charge in [0.1, 0.15) is 6.10 Å². The van der Waals surface area contributed by atoms with E-state index >= 15 is 0 Å². The fourth-order valence-corrected chi connectivity index (χ4v) is 3.47. The number of para-hydroxylation sites is 2. The monoisotopic (exact) mass is 388 g/mol. The molecule has 2 heterocycles. The van der Waals surface area contributed by atoms with Crippen LogP contribution in [0.3, 0.4) is 0 Å². The molecule has 1 saturated heterocycles. The van der Waals surface area contributed by atoms with Gasteiger partial charge in [-0.1, -0.05) is 23.7 Å². The molecule has 0 unspecified atom stereocenters. The van der Waals surface area contributed by atoms with Crippen molar-refractivity contribution in [3.05, 3.63) is 47.5 Å². The highest BCUT2D eigenvalue weighted by Gasteiger charge is 2.34. The molecule has 1 amide bonds. The summed E-state index contributed by atoms with van der Waals surface area (Å²) in [6.45, 7) is 4.66. The van der Waals surface area contributed by atoms with Gasteiger partial charge in [-0.15, -0.1) is 0 Å². The Labute approximate surface area is 163 Å². The molecule has 1 fully saturated rings. The van der Waals surface area contributed by atoms with Crippen molar-refractivity contribution in [2.45, 2.75) is 19.1 Å². The Bertz CT molecular complexity index is 838. The quantitative estimate of drug-likeness (QED) is 0.873. The average molecular weight is 389 g/mol. The van der Waals surface area contributed by atoms with Crippen LogP contribution in [0.2, 0.25) is 5.02 Å². The molecule has 0 saturated carbocycles. The third-order valence-electron chi connectivity index (χ3n) is 4.67. The minimum Gasteiger partial charge on any atom is -0.482 e. The Hall–Kier alpha value is -2.44. The van der Waals surface area contributed by atoms with Gasteiger partial charge in [0.25, 0.3) is 5.91 Å². The molecule has 2 atom stereocenters. The number of amides is 1. The summed E-state index contributed by atoms with van der Waals surface area (Å²) in [5.74, 6) is 0.940. The van der Waals surface area contributed by atoms with Crippen LogP contribution in [0.4, 0.5) is 11.4 Å². The fourth-order valence-electron chi connectivity index (χ4n) is 3.30. The van der Waals surface area contributed by atoms with Crippen LogP contribution < -0.4 is 19.7 Å². The SMILES string of the molecule is C[C@H]1Oc2ccccc2O[C@H]1C(=O)Nc1cc(Cl)ccc1N1CCOCC1. The summed E-state index contributed by atoms with van der Waals surface area (Å²) < 4.78 is 17.1. The molecular formula is C20H21ClN2O4. The summed E-state index contributed by atoms with van der Waals surface area (Å²) in [4.78, 5) is 15.1. The van der Waals surface area contributed by atoms with Crippen molar-refractivity contribution in [3.63, 3.8) is 0 Å². The number of fused-ring (bicyclic) bond motifs is 1. The first-order valence-corrected chi connectivity index (χ1v) is 9.35. The number of halogens is 1. The van der Waals surface area contributed by atoms with Gasteiger partial charge < -0.3 is 24.4 Å². The predicted octanol–water partition coefficient (Wildman–Crippen LogP) is 3.34. The summed E-state index contributed by atoms with van der Waals surface area (Å²) >= 11 is 6.17. The van der Waals surface area contributed by atoms with Gasteiger partial charge in [-0.05, 0) is 37.3 Å². The molecule has 1 N–H and O–H groups in total. The summed E-state index contributed by atoms with van der Waals surface area (Å²) in [7, 11) is 0. The van der Waals surface area contributed by atoms with Crippen LogP contribution in [-0.4, -0.2) is 44.4 Å². The molecule has 0 bridgehead atoms. The zero-order chi connectivity index (χ0) is 18.8. The molecule has 7 heteroatoms. The van der Waals surface area contributed by atoms with E-state index in [9.17, 15) is 4.79 Å². The average Bonchev–Trinajstić information content (AvgIpc) is 2.68. The molecule has 0 spiro atoms. The minimum absolute atomic E-state index is 0.270. The zero-order valence-corrected chi connectivity index (χ0v) is 15.7. The molecule has 6 nitrogen and oxygen atoms in total. The molecule has 2 aromatic carbocycles. The van der Waals surface area contributed by atoms with Gasteiger partial charge in [0.2, 0.25) is 6.10 Å². The van der Waals surface area contributed by atoms with Gasteiger partial charge >= 0.3 is 0 Å². The fraction of sp³-hybridized carbons (Fsp3) is 0.350. The highest BCUT2D eigenvalue weighted by molar-refractivity contribution is 6.31. The van der Waals surface area contributed by atoms with Gasteiger partial charge in [-0.3, -0.25) is 4.79 Å². The van der Waals surface area contributed by atoms with Crippen LogP contribution in [-0.2, 0) is 9.53 Å². The third kappa shape index (κ3) is 3.82. The maximum absolute atomic E-state index is 12.9. The number of carbonyl (C=O) groups excluding carboxylic acids is 1. The second-order valence-electron chi connectivity index (χ2n) is 6.56. The highest BCUT2D eigenvalue weighted by Crippen LogP contribution is 2.35. The maximum atomic E-state index is 12.9. The van der Waals surface area contributed by atoms with Gasteiger partial charge in [0, 0.05) is 18.1 Å². The largest absolute Gasteiger partial charge is 0.482 e. The molecule has 2 aliphatic heterocycles. The number of nitrogens with zero attached hydrogens (tertiary/aromatic N) is 1. The van der Waals surface area contributed by atoms with E-state index in [0.29, 0.717) is 35.4 Å². The summed E-state index contributed by atoms with van der Waals surface area (Å²) in [5.41, 5.74) is 1.57. The number of morpholine rings is 1. The Morgan fingerprint density at radius 1 is 1.11 bits per heavy atom. The number of hydrogen-bond acceptors (Lipinski definition) is 5. The van der Waals surface area contributed by atoms with Crippen molar-refractivity contribution in [1.82, 2.24) is 0 Å². The Balaban J connectivity index is 1.55. The number of hydrogen-bond donors (Lipinski definition) is 1. The lowest BCUT2D eigenvalue weighted by Crippen LogP contribution is -2.46. The second-order valence-corrected chi connectivity index (χ2v) is 6.99. The number of rotatable bonds is 3. The van der Waals surface area contributed by atoms with Crippen molar-refractivity contribution in [2.75, 3.05) is 36.5 Å². The van der Waals surface area contributed by atoms with Crippen LogP contribution in [0.1, 0.15) is 6.92 Å². The standard InChI is InChI=1S/C20H21ClN2O4/c1-13-19(27-18-5-3-2-4-17(18)26-13)20(24)22-15-12-14(21)6-7-16(15)23-8-10-25-11-9-23/h2-7,12-13,19H,8-11H2,1H3,(H,22,24)/t13-,19-/m1/s1. The molecule has 142 valence electrons. The maximum Gasteiger partial charge on any atom is 0.269 e. The van der Waals surface area contributed by atoms with Crippen molar-refractivity contribution in [1.29, 1.82) is 0 Å². The van der Waals surface area contributed by atoms with Crippen LogP contribution in [0.15, 0.2) is 42.5 Å². The van der Waals surface area contributed by atoms with Crippen LogP contribution in [0.5, 0.6) is 11.5 Å². The lowest BCUT2D eigenvalue weighted by Gasteiger charge is -2.33. The Kier molecular flexibility index (Phi) is 5.09. The van der Waals surface area contributed by atoms with Gasteiger partial charge in [-0.25, -0.2) is 0 Å². The van der Waals surface area contributed by atoms with E-state index in [0.717, 1.165) is 18.8 Å². The molecule has 0 aromatic heterocycles. The molecule has 0 aliphatic carbocycles. The van der Waals surface area contributed by atoms with Crippen molar-refractivity contribution in [2.24, 2.45) is 0 Å². The van der Waals surface area contributed by atoms with Crippen LogP contribution in [0, 0.1) is 0 Å². The minimum atomic E-state index is -0.753. The van der Waals surface area contributed by atoms with Crippen LogP contribution in [0.25, 0.3) is 0 Å². The number of nitrogens with one attached hydrogen (secondary N) is 1. The smallest absolute Gasteiger partial charge is 0.269 e. The van der Waals surface area contributed by atoms with Gasteiger partial charge in [0.15, 0.2) is 11.5 Å². The summed E-state index contributed by atoms with van der Waals surface area (Å²) in [6, 6.07) is 12.8. The zero-order valence-electron chi connectivity index (χ0n) is 15.0. The lowest BCUT2D eigenvalue weighted by molar-refractivity contribution is -0.128. The summed E-state index contributed by atoms with van der Waals surface area (Å²) in [5, 5.41) is 3.53. The molecule has 0 radical (unpaired) electrons. The first kappa shape index (κ1) is 17.9. The third-order valence-corrected chi connectivity index (χ3v) is 4.90. The predicted molar refractivity (Wildman–Crippen MR) is 104 cm³/mol. The van der Waals surface area contributed by atoms with Crippen molar-refractivity contribution in [3.8, 4) is 11.5 Å². The van der Waals surface area contributed by atoms with E-state index < -0.39 is 12.2 Å². The normalized spacial score (nSPS) is 21.6. The number of benzene rings is 2. The van der Waals surface area contributed by atoms with E-state index in [1.54, 1.807) is 12.1 Å². The number of ether oxygens (including phenoxy) is 3. The van der Waals surface area contributed by atoms with Gasteiger partial charge in [0.05, 0.1) is 24.6 Å². The summed E-state index contributed by atoms with van der Waals surface area (Å²) in [6.07, 6.45) is -1.16. The highest BCUT2D eigenvalue weighted by atomic mass is 35.5. The first-order valence-electron chi connectivity index (χ1n) is 8.97. The number of carbonyl (C=O) groups is 1. The second kappa shape index (κ2) is 7.66. The van der Waals surface area contributed by atoms with E-state index in [4.69, 9.17) is 25.8 Å². The van der Waals surface area contributed by atoms with E-state index in [-0.39, 0.29) is 5.91 Å². The van der Waals surface area contributed by atoms with Crippen LogP contribution >= 0.6 is 11.6 Å². The Morgan fingerprint density at radius 2 is 1.81 bits per heavy atom. The molecule has 2 aliphatic rings. The van der Waals surface area contributed by atoms with Crippen molar-refractivity contribution >= 4 is 28.9 Å².